The number of H-pyrrole nitrogens is 1. The van der Waals surface area contributed by atoms with Crippen LogP contribution in [0.1, 0.15) is 15.9 Å². The summed E-state index contributed by atoms with van der Waals surface area (Å²) in [4.78, 5) is 11.9. The number of esters is 1. The molecular formula is C16H14N2O2. The van der Waals surface area contributed by atoms with Gasteiger partial charge in [0.2, 0.25) is 0 Å². The zero-order valence-electron chi connectivity index (χ0n) is 11.3. The van der Waals surface area contributed by atoms with Crippen molar-refractivity contribution in [1.82, 2.24) is 10.2 Å². The molecule has 0 fully saturated rings. The number of hydrogen-bond acceptors (Lipinski definition) is 3. The van der Waals surface area contributed by atoms with E-state index in [1.807, 2.05) is 43.3 Å². The fourth-order valence-corrected chi connectivity index (χ4v) is 2.38. The van der Waals surface area contributed by atoms with Crippen molar-refractivity contribution in [3.8, 4) is 11.1 Å². The number of methoxy groups -OCH3 is 1. The SMILES string of the molecule is COC(=O)c1cc(-c2ccccc2C)cc2cn[nH]c12. The van der Waals surface area contributed by atoms with Crippen LogP contribution in [0.25, 0.3) is 22.0 Å². The van der Waals surface area contributed by atoms with Crippen LogP contribution in [0.4, 0.5) is 0 Å². The van der Waals surface area contributed by atoms with E-state index in [2.05, 4.69) is 10.2 Å². The highest BCUT2D eigenvalue weighted by Crippen LogP contribution is 2.29. The molecule has 0 saturated carbocycles. The molecule has 1 N–H and O–H groups in total. The molecule has 0 spiro atoms. The molecule has 0 saturated heterocycles. The van der Waals surface area contributed by atoms with Gasteiger partial charge in [-0.1, -0.05) is 24.3 Å². The average molecular weight is 266 g/mol. The lowest BCUT2D eigenvalue weighted by Gasteiger charge is -2.08. The van der Waals surface area contributed by atoms with Crippen molar-refractivity contribution < 1.29 is 9.53 Å². The summed E-state index contributed by atoms with van der Waals surface area (Å²) in [6, 6.07) is 11.9. The maximum atomic E-state index is 11.9. The third-order valence-electron chi connectivity index (χ3n) is 3.41. The van der Waals surface area contributed by atoms with Gasteiger partial charge in [0, 0.05) is 5.39 Å². The van der Waals surface area contributed by atoms with Gasteiger partial charge in [0.15, 0.2) is 0 Å². The minimum absolute atomic E-state index is 0.366. The number of carbonyl (C=O) groups is 1. The Bertz CT molecular complexity index is 790. The lowest BCUT2D eigenvalue weighted by atomic mass is 9.97. The second-order valence-corrected chi connectivity index (χ2v) is 4.66. The van der Waals surface area contributed by atoms with E-state index in [1.54, 1.807) is 6.20 Å². The quantitative estimate of drug-likeness (QED) is 0.724. The van der Waals surface area contributed by atoms with E-state index >= 15 is 0 Å². The first kappa shape index (κ1) is 12.4. The maximum absolute atomic E-state index is 11.9. The van der Waals surface area contributed by atoms with Gasteiger partial charge in [0.1, 0.15) is 0 Å². The largest absolute Gasteiger partial charge is 0.465 e. The minimum Gasteiger partial charge on any atom is -0.465 e. The van der Waals surface area contributed by atoms with Crippen molar-refractivity contribution in [1.29, 1.82) is 0 Å². The predicted molar refractivity (Wildman–Crippen MR) is 77.6 cm³/mol. The summed E-state index contributed by atoms with van der Waals surface area (Å²) in [6.07, 6.45) is 1.71. The van der Waals surface area contributed by atoms with Gasteiger partial charge in [-0.05, 0) is 35.7 Å². The van der Waals surface area contributed by atoms with Crippen LogP contribution in [-0.2, 0) is 4.74 Å². The number of fused-ring (bicyclic) bond motifs is 1. The lowest BCUT2D eigenvalue weighted by molar-refractivity contribution is 0.0603. The van der Waals surface area contributed by atoms with Crippen LogP contribution >= 0.6 is 0 Å². The number of nitrogens with one attached hydrogen (secondary N) is 1. The van der Waals surface area contributed by atoms with Crippen molar-refractivity contribution >= 4 is 16.9 Å². The molecule has 100 valence electrons. The smallest absolute Gasteiger partial charge is 0.340 e. The van der Waals surface area contributed by atoms with Crippen molar-refractivity contribution in [3.05, 3.63) is 53.7 Å². The minimum atomic E-state index is -0.366. The molecule has 0 unspecified atom stereocenters. The number of ether oxygens (including phenoxy) is 1. The zero-order chi connectivity index (χ0) is 14.1. The van der Waals surface area contributed by atoms with E-state index in [1.165, 1.54) is 7.11 Å². The molecule has 0 aliphatic rings. The van der Waals surface area contributed by atoms with Crippen LogP contribution in [0, 0.1) is 6.92 Å². The molecule has 0 aliphatic heterocycles. The Morgan fingerprint density at radius 1 is 1.25 bits per heavy atom. The number of nitrogens with zero attached hydrogens (tertiary/aromatic N) is 1. The number of aromatic nitrogens is 2. The fraction of sp³-hybridized carbons (Fsp3) is 0.125. The van der Waals surface area contributed by atoms with Gasteiger partial charge in [-0.15, -0.1) is 0 Å². The van der Waals surface area contributed by atoms with Crippen molar-refractivity contribution in [2.45, 2.75) is 6.92 Å². The number of benzene rings is 2. The number of aryl methyl sites for hydroxylation is 1. The van der Waals surface area contributed by atoms with Crippen molar-refractivity contribution in [2.24, 2.45) is 0 Å². The fourth-order valence-electron chi connectivity index (χ4n) is 2.38. The van der Waals surface area contributed by atoms with Crippen molar-refractivity contribution in [3.63, 3.8) is 0 Å². The second kappa shape index (κ2) is 4.81. The van der Waals surface area contributed by atoms with Crippen LogP contribution in [0.5, 0.6) is 0 Å². The molecule has 0 radical (unpaired) electrons. The Hall–Kier alpha value is -2.62. The van der Waals surface area contributed by atoms with Crippen LogP contribution in [0.3, 0.4) is 0 Å². The first-order chi connectivity index (χ1) is 9.70. The van der Waals surface area contributed by atoms with Crippen molar-refractivity contribution in [2.75, 3.05) is 7.11 Å². The van der Waals surface area contributed by atoms with Crippen LogP contribution < -0.4 is 0 Å². The molecule has 20 heavy (non-hydrogen) atoms. The van der Waals surface area contributed by atoms with Gasteiger partial charge in [0.25, 0.3) is 0 Å². The average Bonchev–Trinajstić information content (AvgIpc) is 2.94. The van der Waals surface area contributed by atoms with E-state index < -0.39 is 0 Å². The highest BCUT2D eigenvalue weighted by Gasteiger charge is 2.15. The standard InChI is InChI=1S/C16H14N2O2/c1-10-5-3-4-6-13(10)11-7-12-9-17-18-15(12)14(8-11)16(19)20-2/h3-9H,1-2H3,(H,17,18). The molecule has 0 bridgehead atoms. The summed E-state index contributed by atoms with van der Waals surface area (Å²) in [7, 11) is 1.38. The summed E-state index contributed by atoms with van der Waals surface area (Å²) >= 11 is 0. The van der Waals surface area contributed by atoms with E-state index in [0.717, 1.165) is 22.1 Å². The Morgan fingerprint density at radius 3 is 2.80 bits per heavy atom. The number of hydrogen-bond donors (Lipinski definition) is 1. The molecule has 3 rings (SSSR count). The summed E-state index contributed by atoms with van der Waals surface area (Å²) in [5.41, 5.74) is 4.44. The van der Waals surface area contributed by atoms with Gasteiger partial charge in [0.05, 0.1) is 24.4 Å². The first-order valence-electron chi connectivity index (χ1n) is 6.32. The topological polar surface area (TPSA) is 55.0 Å². The molecule has 1 heterocycles. The molecule has 0 aliphatic carbocycles. The third kappa shape index (κ3) is 1.95. The maximum Gasteiger partial charge on any atom is 0.340 e. The molecule has 1 aromatic heterocycles. The van der Waals surface area contributed by atoms with Gasteiger partial charge >= 0.3 is 5.97 Å². The molecule has 2 aromatic carbocycles. The van der Waals surface area contributed by atoms with Gasteiger partial charge < -0.3 is 4.74 Å². The Labute approximate surface area is 116 Å². The summed E-state index contributed by atoms with van der Waals surface area (Å²) in [6.45, 7) is 2.05. The molecule has 3 aromatic rings. The first-order valence-corrected chi connectivity index (χ1v) is 6.32. The van der Waals surface area contributed by atoms with Crippen LogP contribution in [0.15, 0.2) is 42.6 Å². The molecular weight excluding hydrogens is 252 g/mol. The molecule has 0 atom stereocenters. The zero-order valence-corrected chi connectivity index (χ0v) is 11.3. The van der Waals surface area contributed by atoms with Crippen LogP contribution in [0.2, 0.25) is 0 Å². The number of carbonyl (C=O) groups excluding carboxylic acids is 1. The second-order valence-electron chi connectivity index (χ2n) is 4.66. The van der Waals surface area contributed by atoms with E-state index in [4.69, 9.17) is 4.74 Å². The van der Waals surface area contributed by atoms with E-state index in [-0.39, 0.29) is 5.97 Å². The summed E-state index contributed by atoms with van der Waals surface area (Å²) < 4.78 is 4.85. The highest BCUT2D eigenvalue weighted by molar-refractivity contribution is 6.04. The predicted octanol–water partition coefficient (Wildman–Crippen LogP) is 3.32. The van der Waals surface area contributed by atoms with Crippen LogP contribution in [-0.4, -0.2) is 23.3 Å². The summed E-state index contributed by atoms with van der Waals surface area (Å²) in [5.74, 6) is -0.366. The van der Waals surface area contributed by atoms with Gasteiger partial charge in [-0.3, -0.25) is 5.10 Å². The van der Waals surface area contributed by atoms with Gasteiger partial charge in [-0.2, -0.15) is 5.10 Å². The number of rotatable bonds is 2. The Kier molecular flexibility index (Phi) is 2.99. The number of aromatic amines is 1. The molecule has 4 nitrogen and oxygen atoms in total. The molecule has 4 heteroatoms. The monoisotopic (exact) mass is 266 g/mol. The summed E-state index contributed by atoms with van der Waals surface area (Å²) in [5, 5.41) is 7.74. The van der Waals surface area contributed by atoms with Gasteiger partial charge in [-0.25, -0.2) is 4.79 Å². The normalized spacial score (nSPS) is 10.7. The highest BCUT2D eigenvalue weighted by atomic mass is 16.5. The van der Waals surface area contributed by atoms with E-state index in [0.29, 0.717) is 11.1 Å². The van der Waals surface area contributed by atoms with E-state index in [9.17, 15) is 4.79 Å². The Balaban J connectivity index is 2.28. The third-order valence-corrected chi connectivity index (χ3v) is 3.41. The molecule has 0 amide bonds. The lowest BCUT2D eigenvalue weighted by Crippen LogP contribution is -2.02. The Morgan fingerprint density at radius 2 is 2.05 bits per heavy atom.